The summed E-state index contributed by atoms with van der Waals surface area (Å²) >= 11 is 1.02. The summed E-state index contributed by atoms with van der Waals surface area (Å²) in [6.07, 6.45) is -5.27. The van der Waals surface area contributed by atoms with Crippen molar-refractivity contribution in [3.8, 4) is 0 Å². The van der Waals surface area contributed by atoms with E-state index >= 15 is 0 Å². The Kier molecular flexibility index (Phi) is 6.77. The Bertz CT molecular complexity index is 1250. The number of para-hydroxylation sites is 1. The van der Waals surface area contributed by atoms with Crippen molar-refractivity contribution < 1.29 is 27.2 Å². The van der Waals surface area contributed by atoms with Gasteiger partial charge in [-0.2, -0.15) is 13.2 Å². The molecule has 3 aromatic rings. The second-order valence-corrected chi connectivity index (χ2v) is 8.89. The number of thiazole rings is 1. The van der Waals surface area contributed by atoms with E-state index in [4.69, 9.17) is 5.84 Å². The number of carbonyl (C=O) groups excluding carboxylic acids is 2. The molecule has 0 bridgehead atoms. The van der Waals surface area contributed by atoms with Gasteiger partial charge in [0, 0.05) is 37.6 Å². The largest absolute Gasteiger partial charge is 0.455 e. The van der Waals surface area contributed by atoms with Gasteiger partial charge in [0.05, 0.1) is 10.2 Å². The van der Waals surface area contributed by atoms with Crippen LogP contribution in [-0.4, -0.2) is 53.9 Å². The highest BCUT2D eigenvalue weighted by molar-refractivity contribution is 7.22. The van der Waals surface area contributed by atoms with Crippen LogP contribution >= 0.6 is 11.3 Å². The third-order valence-corrected chi connectivity index (χ3v) is 6.75. The molecule has 1 amide bonds. The highest BCUT2D eigenvalue weighted by Gasteiger charge is 2.46. The van der Waals surface area contributed by atoms with Crippen LogP contribution in [0.1, 0.15) is 6.92 Å². The summed E-state index contributed by atoms with van der Waals surface area (Å²) in [6.45, 7) is 2.59. The molecule has 2 heterocycles. The molecule has 1 saturated heterocycles. The predicted octanol–water partition coefficient (Wildman–Crippen LogP) is 3.87. The Morgan fingerprint density at radius 2 is 1.66 bits per heavy atom. The number of carbonyl (C=O) groups is 2. The van der Waals surface area contributed by atoms with Gasteiger partial charge in [0.1, 0.15) is 11.4 Å². The van der Waals surface area contributed by atoms with Gasteiger partial charge in [-0.05, 0) is 43.3 Å². The van der Waals surface area contributed by atoms with E-state index in [-0.39, 0.29) is 29.7 Å². The molecule has 0 saturated carbocycles. The van der Waals surface area contributed by atoms with Crippen molar-refractivity contribution >= 4 is 44.1 Å². The summed E-state index contributed by atoms with van der Waals surface area (Å²) in [6, 6.07) is 12.8. The molecule has 0 unspecified atom stereocenters. The van der Waals surface area contributed by atoms with Crippen LogP contribution in [0.3, 0.4) is 0 Å². The maximum Gasteiger partial charge on any atom is 0.455 e. The van der Waals surface area contributed by atoms with Gasteiger partial charge in [-0.3, -0.25) is 9.59 Å². The molecule has 184 valence electrons. The lowest BCUT2D eigenvalue weighted by Gasteiger charge is -2.38. The molecule has 0 atom stereocenters. The van der Waals surface area contributed by atoms with Crippen LogP contribution in [0.5, 0.6) is 0 Å². The third-order valence-electron chi connectivity index (χ3n) is 5.71. The maximum absolute atomic E-state index is 13.5. The number of benzene rings is 2. The van der Waals surface area contributed by atoms with Crippen LogP contribution < -0.4 is 15.8 Å². The minimum atomic E-state index is -5.27. The van der Waals surface area contributed by atoms with Crippen LogP contribution in [0.4, 0.5) is 28.4 Å². The van der Waals surface area contributed by atoms with Crippen molar-refractivity contribution in [2.45, 2.75) is 13.1 Å². The van der Waals surface area contributed by atoms with Crippen molar-refractivity contribution in [1.82, 2.24) is 9.88 Å². The van der Waals surface area contributed by atoms with Crippen LogP contribution in [-0.2, 0) is 9.59 Å². The third kappa shape index (κ3) is 5.13. The van der Waals surface area contributed by atoms with Crippen molar-refractivity contribution in [2.24, 2.45) is 5.84 Å². The number of ketones is 1. The normalized spacial score (nSPS) is 15.3. The molecule has 1 fully saturated rings. The number of Topliss-reactive ketones (excluding diaryl/α,β-unsaturated/α-hetero) is 1. The molecule has 1 aliphatic heterocycles. The van der Waals surface area contributed by atoms with Gasteiger partial charge in [0.15, 0.2) is 0 Å². The lowest BCUT2D eigenvalue weighted by Crippen LogP contribution is -2.48. The zero-order chi connectivity index (χ0) is 25.3. The number of anilines is 2. The number of rotatable bonds is 5. The molecule has 0 aliphatic carbocycles. The van der Waals surface area contributed by atoms with Gasteiger partial charge in [-0.1, -0.05) is 23.5 Å². The lowest BCUT2D eigenvalue weighted by atomic mass is 10.1. The fraction of sp³-hybridized carbons (Fsp3) is 0.261. The van der Waals surface area contributed by atoms with E-state index in [1.807, 2.05) is 4.90 Å². The number of halogens is 4. The summed E-state index contributed by atoms with van der Waals surface area (Å²) in [5.41, 5.74) is 0.124. The Morgan fingerprint density at radius 1 is 1.03 bits per heavy atom. The molecule has 0 radical (unpaired) electrons. The standard InChI is InChI=1S/C23H21F4N5O2S/c1-14(30-10-12-31(13-11-30)16-8-6-15(24)7-9-16)19(20(33)23(25,26)27)21(34)32(28)22-29-17-4-2-3-5-18(17)35-22/h2-9H,10-13,28H2,1H3. The number of hydrogen-bond acceptors (Lipinski definition) is 7. The number of nitrogens with zero attached hydrogens (tertiary/aromatic N) is 4. The van der Waals surface area contributed by atoms with Crippen molar-refractivity contribution in [1.29, 1.82) is 0 Å². The molecule has 35 heavy (non-hydrogen) atoms. The number of alkyl halides is 3. The topological polar surface area (TPSA) is 82.8 Å². The first-order valence-corrected chi connectivity index (χ1v) is 11.4. The smallest absolute Gasteiger partial charge is 0.371 e. The van der Waals surface area contributed by atoms with E-state index in [1.54, 1.807) is 41.3 Å². The Hall–Kier alpha value is -3.51. The summed E-state index contributed by atoms with van der Waals surface area (Å²) in [7, 11) is 0. The SMILES string of the molecule is CC(=C(C(=O)N(N)c1nc2ccccc2s1)C(=O)C(F)(F)F)N1CCN(c2ccc(F)cc2)CC1. The number of hydrogen-bond donors (Lipinski definition) is 1. The van der Waals surface area contributed by atoms with Gasteiger partial charge in [0.2, 0.25) is 5.13 Å². The van der Waals surface area contributed by atoms with Crippen LogP contribution in [0, 0.1) is 5.82 Å². The van der Waals surface area contributed by atoms with Gasteiger partial charge in [0.25, 0.3) is 11.7 Å². The average molecular weight is 508 g/mol. The van der Waals surface area contributed by atoms with Crippen molar-refractivity contribution in [2.75, 3.05) is 36.1 Å². The first-order valence-electron chi connectivity index (χ1n) is 10.6. The second kappa shape index (κ2) is 9.62. The van der Waals surface area contributed by atoms with Crippen molar-refractivity contribution in [3.63, 3.8) is 0 Å². The first kappa shape index (κ1) is 24.6. The predicted molar refractivity (Wildman–Crippen MR) is 125 cm³/mol. The van der Waals surface area contributed by atoms with E-state index in [2.05, 4.69) is 4.98 Å². The van der Waals surface area contributed by atoms with Crippen LogP contribution in [0.15, 0.2) is 59.8 Å². The van der Waals surface area contributed by atoms with E-state index < -0.39 is 23.4 Å². The quantitative estimate of drug-likeness (QED) is 0.107. The van der Waals surface area contributed by atoms with Crippen LogP contribution in [0.2, 0.25) is 0 Å². The van der Waals surface area contributed by atoms with Crippen molar-refractivity contribution in [3.05, 3.63) is 65.6 Å². The molecule has 12 heteroatoms. The van der Waals surface area contributed by atoms with Crippen LogP contribution in [0.25, 0.3) is 10.2 Å². The summed E-state index contributed by atoms with van der Waals surface area (Å²) < 4.78 is 54.3. The minimum Gasteiger partial charge on any atom is -0.371 e. The Morgan fingerprint density at radius 3 is 2.26 bits per heavy atom. The molecular formula is C23H21F4N5O2S. The second-order valence-electron chi connectivity index (χ2n) is 7.88. The Balaban J connectivity index is 1.61. The molecule has 1 aliphatic rings. The van der Waals surface area contributed by atoms with E-state index in [0.717, 1.165) is 17.0 Å². The number of fused-ring (bicyclic) bond motifs is 1. The number of piperazine rings is 1. The number of nitrogens with two attached hydrogens (primary N) is 1. The number of aromatic nitrogens is 1. The fourth-order valence-electron chi connectivity index (χ4n) is 3.84. The molecule has 2 N–H and O–H groups in total. The number of amides is 1. The number of hydrazine groups is 1. The molecule has 0 spiro atoms. The minimum absolute atomic E-state index is 0.0300. The highest BCUT2D eigenvalue weighted by atomic mass is 32.1. The lowest BCUT2D eigenvalue weighted by molar-refractivity contribution is -0.167. The van der Waals surface area contributed by atoms with Gasteiger partial charge < -0.3 is 9.80 Å². The molecule has 2 aromatic carbocycles. The zero-order valence-electron chi connectivity index (χ0n) is 18.6. The molecular weight excluding hydrogens is 486 g/mol. The fourth-order valence-corrected chi connectivity index (χ4v) is 4.73. The molecule has 1 aromatic heterocycles. The van der Waals surface area contributed by atoms with Gasteiger partial charge in [-0.25, -0.2) is 20.2 Å². The van der Waals surface area contributed by atoms with Gasteiger partial charge >= 0.3 is 6.18 Å². The van der Waals surface area contributed by atoms with E-state index in [0.29, 0.717) is 28.3 Å². The van der Waals surface area contributed by atoms with E-state index in [1.165, 1.54) is 19.1 Å². The van der Waals surface area contributed by atoms with Gasteiger partial charge in [-0.15, -0.1) is 0 Å². The maximum atomic E-state index is 13.5. The molecule has 4 rings (SSSR count). The van der Waals surface area contributed by atoms with E-state index in [9.17, 15) is 27.2 Å². The summed E-state index contributed by atoms with van der Waals surface area (Å²) in [5.74, 6) is 1.95. The number of allylic oxidation sites excluding steroid dienone is 1. The summed E-state index contributed by atoms with van der Waals surface area (Å²) in [5, 5.41) is 0.458. The zero-order valence-corrected chi connectivity index (χ0v) is 19.4. The average Bonchev–Trinajstić information content (AvgIpc) is 3.28. The monoisotopic (exact) mass is 507 g/mol. The molecule has 7 nitrogen and oxygen atoms in total. The first-order chi connectivity index (χ1) is 16.6. The highest BCUT2D eigenvalue weighted by Crippen LogP contribution is 2.31. The Labute approximate surface area is 202 Å². The summed E-state index contributed by atoms with van der Waals surface area (Å²) in [4.78, 5) is 33.1.